The topological polar surface area (TPSA) is 135 Å². The molecule has 1 aromatic carbocycles. The minimum absolute atomic E-state index is 0.0276. The van der Waals surface area contributed by atoms with Crippen molar-refractivity contribution >= 4 is 23.3 Å². The number of nitrogens with one attached hydrogen (secondary N) is 1. The highest BCUT2D eigenvalue weighted by Gasteiger charge is 2.33. The Balaban J connectivity index is 2.40. The molecule has 1 aliphatic carbocycles. The zero-order chi connectivity index (χ0) is 24.1. The van der Waals surface area contributed by atoms with Crippen molar-refractivity contribution in [1.29, 1.82) is 0 Å². The number of nitrogens with two attached hydrogens (primary N) is 2. The summed E-state index contributed by atoms with van der Waals surface area (Å²) in [4.78, 5) is 20.9. The van der Waals surface area contributed by atoms with Crippen LogP contribution in [0.25, 0.3) is 0 Å². The number of aromatic hydroxyl groups is 1. The third-order valence-corrected chi connectivity index (χ3v) is 5.31. The molecule has 1 aliphatic rings. The summed E-state index contributed by atoms with van der Waals surface area (Å²) >= 11 is 0. The molecule has 1 amide bonds. The predicted octanol–water partition coefficient (Wildman–Crippen LogP) is 3.40. The SMILES string of the molecule is CCOC1=CC([C@H](N=C(N)C(N)=Nc2cccc(C(=O)NC)c2O)C(C)(C)C)CC=C1C. The second-order valence-electron chi connectivity index (χ2n) is 8.83. The lowest BCUT2D eigenvalue weighted by molar-refractivity contribution is 0.0960. The standard InChI is InChI=1S/C24H35N5O3/c1-7-32-18-13-15(12-11-14(18)2)20(24(3,4)5)29-22(26)21(25)28-17-10-8-9-16(19(17)30)23(31)27-6/h8-11,13,15,20,30H,7,12H2,1-6H3,(H2,25,28)(H2,26,29)(H,27,31)/t15?,20-/m0/s1. The Labute approximate surface area is 190 Å². The first-order chi connectivity index (χ1) is 15.0. The molecule has 0 aliphatic heterocycles. The van der Waals surface area contributed by atoms with Gasteiger partial charge in [-0.1, -0.05) is 32.9 Å². The van der Waals surface area contributed by atoms with Gasteiger partial charge >= 0.3 is 0 Å². The van der Waals surface area contributed by atoms with Gasteiger partial charge in [-0.25, -0.2) is 4.99 Å². The number of allylic oxidation sites excluding steroid dienone is 2. The number of aliphatic imine (C=N–C) groups is 2. The summed E-state index contributed by atoms with van der Waals surface area (Å²) in [5.74, 6) is 0.297. The smallest absolute Gasteiger partial charge is 0.254 e. The van der Waals surface area contributed by atoms with E-state index in [1.54, 1.807) is 12.1 Å². The van der Waals surface area contributed by atoms with Crippen molar-refractivity contribution in [2.45, 2.75) is 47.1 Å². The molecule has 2 atom stereocenters. The van der Waals surface area contributed by atoms with E-state index < -0.39 is 5.91 Å². The fraction of sp³-hybridized carbons (Fsp3) is 0.458. The van der Waals surface area contributed by atoms with Crippen LogP contribution in [0.1, 0.15) is 51.4 Å². The lowest BCUT2D eigenvalue weighted by atomic mass is 9.76. The molecule has 0 saturated carbocycles. The van der Waals surface area contributed by atoms with Crippen LogP contribution in [0.4, 0.5) is 5.69 Å². The minimum Gasteiger partial charge on any atom is -0.505 e. The monoisotopic (exact) mass is 441 g/mol. The summed E-state index contributed by atoms with van der Waals surface area (Å²) in [6.45, 7) is 10.9. The quantitative estimate of drug-likeness (QED) is 0.396. The van der Waals surface area contributed by atoms with Gasteiger partial charge in [0.1, 0.15) is 11.4 Å². The molecule has 8 nitrogen and oxygen atoms in total. The lowest BCUT2D eigenvalue weighted by Gasteiger charge is -2.34. The summed E-state index contributed by atoms with van der Waals surface area (Å²) in [6.07, 6.45) is 5.07. The van der Waals surface area contributed by atoms with E-state index in [0.717, 1.165) is 17.8 Å². The Morgan fingerprint density at radius 1 is 1.31 bits per heavy atom. The summed E-state index contributed by atoms with van der Waals surface area (Å²) in [5, 5.41) is 12.9. The average Bonchev–Trinajstić information content (AvgIpc) is 2.73. The highest BCUT2D eigenvalue weighted by atomic mass is 16.5. The van der Waals surface area contributed by atoms with Crippen molar-refractivity contribution in [3.05, 3.63) is 47.2 Å². The normalized spacial score (nSPS) is 18.5. The van der Waals surface area contributed by atoms with E-state index in [1.807, 2.05) is 13.8 Å². The van der Waals surface area contributed by atoms with Crippen molar-refractivity contribution in [2.24, 2.45) is 32.8 Å². The number of amides is 1. The molecular formula is C24H35N5O3. The number of phenolic OH excluding ortho intramolecular Hbond substituents is 1. The molecule has 0 heterocycles. The first-order valence-electron chi connectivity index (χ1n) is 10.7. The average molecular weight is 442 g/mol. The van der Waals surface area contributed by atoms with E-state index >= 15 is 0 Å². The van der Waals surface area contributed by atoms with Crippen molar-refractivity contribution in [2.75, 3.05) is 13.7 Å². The van der Waals surface area contributed by atoms with E-state index in [4.69, 9.17) is 21.2 Å². The number of hydrogen-bond donors (Lipinski definition) is 4. The number of amidine groups is 2. The number of rotatable bonds is 6. The first kappa shape index (κ1) is 25.0. The number of carbonyl (C=O) groups excluding carboxylic acids is 1. The molecule has 0 bridgehead atoms. The van der Waals surface area contributed by atoms with Crippen LogP contribution in [-0.4, -0.2) is 42.4 Å². The van der Waals surface area contributed by atoms with Gasteiger partial charge in [0.15, 0.2) is 17.4 Å². The van der Waals surface area contributed by atoms with Gasteiger partial charge in [-0.05, 0) is 49.5 Å². The van der Waals surface area contributed by atoms with E-state index in [2.05, 4.69) is 43.2 Å². The minimum atomic E-state index is -0.426. The molecule has 32 heavy (non-hydrogen) atoms. The highest BCUT2D eigenvalue weighted by Crippen LogP contribution is 2.36. The van der Waals surface area contributed by atoms with Crippen LogP contribution < -0.4 is 16.8 Å². The molecule has 0 fully saturated rings. The summed E-state index contributed by atoms with van der Waals surface area (Å²) in [6, 6.07) is 4.48. The Morgan fingerprint density at radius 3 is 2.59 bits per heavy atom. The van der Waals surface area contributed by atoms with E-state index in [9.17, 15) is 9.90 Å². The van der Waals surface area contributed by atoms with Crippen LogP contribution in [0, 0.1) is 11.3 Å². The van der Waals surface area contributed by atoms with Crippen LogP contribution in [0.3, 0.4) is 0 Å². The molecule has 0 aromatic heterocycles. The van der Waals surface area contributed by atoms with Crippen LogP contribution in [0.2, 0.25) is 0 Å². The molecule has 0 spiro atoms. The van der Waals surface area contributed by atoms with Gasteiger partial charge < -0.3 is 26.6 Å². The predicted molar refractivity (Wildman–Crippen MR) is 129 cm³/mol. The van der Waals surface area contributed by atoms with Crippen LogP contribution in [-0.2, 0) is 4.74 Å². The maximum Gasteiger partial charge on any atom is 0.254 e. The first-order valence-corrected chi connectivity index (χ1v) is 10.7. The summed E-state index contributed by atoms with van der Waals surface area (Å²) in [5.41, 5.74) is 13.5. The van der Waals surface area contributed by atoms with E-state index in [0.29, 0.717) is 6.61 Å². The van der Waals surface area contributed by atoms with Gasteiger partial charge in [0.2, 0.25) is 0 Å². The summed E-state index contributed by atoms with van der Waals surface area (Å²) < 4.78 is 5.78. The molecule has 8 heteroatoms. The van der Waals surface area contributed by atoms with Gasteiger partial charge in [0.05, 0.1) is 18.2 Å². The molecule has 6 N–H and O–H groups in total. The zero-order valence-corrected chi connectivity index (χ0v) is 19.8. The second-order valence-corrected chi connectivity index (χ2v) is 8.83. The van der Waals surface area contributed by atoms with Crippen molar-refractivity contribution in [3.8, 4) is 5.75 Å². The van der Waals surface area contributed by atoms with Gasteiger partial charge in [0, 0.05) is 13.0 Å². The van der Waals surface area contributed by atoms with Gasteiger partial charge in [-0.15, -0.1) is 0 Å². The van der Waals surface area contributed by atoms with E-state index in [-0.39, 0.29) is 46.0 Å². The Morgan fingerprint density at radius 2 is 2.00 bits per heavy atom. The fourth-order valence-corrected chi connectivity index (χ4v) is 3.62. The number of para-hydroxylation sites is 1. The molecule has 0 radical (unpaired) electrons. The molecule has 174 valence electrons. The van der Waals surface area contributed by atoms with Crippen LogP contribution in [0.15, 0.2) is 51.7 Å². The molecule has 1 unspecified atom stereocenters. The number of carbonyl (C=O) groups is 1. The van der Waals surface area contributed by atoms with Crippen LogP contribution in [0.5, 0.6) is 5.75 Å². The Kier molecular flexibility index (Phi) is 8.08. The summed E-state index contributed by atoms with van der Waals surface area (Å²) in [7, 11) is 1.48. The molecule has 1 aromatic rings. The molecule has 0 saturated heterocycles. The van der Waals surface area contributed by atoms with Crippen molar-refractivity contribution in [1.82, 2.24) is 5.32 Å². The number of ether oxygens (including phenoxy) is 1. The van der Waals surface area contributed by atoms with Crippen LogP contribution >= 0.6 is 0 Å². The van der Waals surface area contributed by atoms with E-state index in [1.165, 1.54) is 13.1 Å². The highest BCUT2D eigenvalue weighted by molar-refractivity contribution is 6.39. The molecule has 2 rings (SSSR count). The van der Waals surface area contributed by atoms with Gasteiger partial charge in [0.25, 0.3) is 5.91 Å². The lowest BCUT2D eigenvalue weighted by Crippen LogP contribution is -2.38. The van der Waals surface area contributed by atoms with Gasteiger partial charge in [-0.2, -0.15) is 0 Å². The largest absolute Gasteiger partial charge is 0.505 e. The van der Waals surface area contributed by atoms with Gasteiger partial charge in [-0.3, -0.25) is 9.79 Å². The third-order valence-electron chi connectivity index (χ3n) is 5.31. The van der Waals surface area contributed by atoms with Crippen molar-refractivity contribution in [3.63, 3.8) is 0 Å². The maximum atomic E-state index is 11.9. The van der Waals surface area contributed by atoms with Crippen molar-refractivity contribution < 1.29 is 14.6 Å². The number of nitrogens with zero attached hydrogens (tertiary/aromatic N) is 2. The molecular weight excluding hydrogens is 406 g/mol. The maximum absolute atomic E-state index is 11.9. The number of hydrogen-bond acceptors (Lipinski definition) is 5. The Bertz CT molecular complexity index is 970. The second kappa shape index (κ2) is 10.3. The fourth-order valence-electron chi connectivity index (χ4n) is 3.62. The number of benzene rings is 1. The Hall–Kier alpha value is -3.29. The third kappa shape index (κ3) is 5.90. The number of phenols is 1. The zero-order valence-electron chi connectivity index (χ0n) is 19.8.